The third kappa shape index (κ3) is 10.6. The van der Waals surface area contributed by atoms with Crippen molar-refractivity contribution in [3.05, 3.63) is 150 Å². The van der Waals surface area contributed by atoms with E-state index in [9.17, 15) is 58.5 Å². The number of aromatic nitrogens is 6. The number of carbonyl (C=O) groups excluding carboxylic acids is 6. The van der Waals surface area contributed by atoms with Crippen LogP contribution in [0.3, 0.4) is 0 Å². The first kappa shape index (κ1) is 47.8. The average Bonchev–Trinajstić information content (AvgIpc) is 3.87. The second kappa shape index (κ2) is 20.9. The van der Waals surface area contributed by atoms with Gasteiger partial charge < -0.3 is 41.3 Å². The number of carbonyl (C=O) groups is 6. The largest absolute Gasteiger partial charge is 0.858 e. The molecule has 3 aromatic heterocycles. The number of anilines is 3. The van der Waals surface area contributed by atoms with E-state index < -0.39 is 62.8 Å². The van der Waals surface area contributed by atoms with Crippen LogP contribution in [0, 0.1) is 13.8 Å². The van der Waals surface area contributed by atoms with Crippen molar-refractivity contribution in [1.29, 1.82) is 0 Å². The third-order valence-electron chi connectivity index (χ3n) is 9.96. The minimum atomic E-state index is -0.990. The molecule has 0 aliphatic rings. The number of aromatic hydroxyl groups is 2. The quantitative estimate of drug-likeness (QED) is 0.0442. The number of benzene rings is 4. The van der Waals surface area contributed by atoms with Crippen LogP contribution in [0.2, 0.25) is 0 Å². The van der Waals surface area contributed by atoms with E-state index in [2.05, 4.69) is 37.5 Å². The van der Waals surface area contributed by atoms with Gasteiger partial charge in [-0.15, -0.1) is 0 Å². The van der Waals surface area contributed by atoms with Crippen LogP contribution in [-0.2, 0) is 16.6 Å². The van der Waals surface area contributed by atoms with Gasteiger partial charge in [-0.2, -0.15) is 0 Å². The second-order valence-corrected chi connectivity index (χ2v) is 14.6. The molecule has 0 aliphatic carbocycles. The van der Waals surface area contributed by atoms with Crippen LogP contribution in [0.1, 0.15) is 48.6 Å². The Labute approximate surface area is 382 Å². The van der Waals surface area contributed by atoms with Crippen molar-refractivity contribution in [2.24, 2.45) is 7.05 Å². The van der Waals surface area contributed by atoms with Crippen molar-refractivity contribution in [3.8, 4) is 40.5 Å². The first-order valence-corrected chi connectivity index (χ1v) is 20.2. The van der Waals surface area contributed by atoms with E-state index in [1.165, 1.54) is 61.1 Å². The van der Waals surface area contributed by atoms with Gasteiger partial charge in [-0.25, -0.2) is 18.8 Å². The first-order valence-electron chi connectivity index (χ1n) is 20.2. The highest BCUT2D eigenvalue weighted by Crippen LogP contribution is 2.22. The standard InChI is InChI=1S/C23H26N4O5.C22H16N6O8/c1-15-5-10-20(16(2)13-15)32-12-4-11-24-23(31)25-17-6-8-18(9-7-17)27-22(30)19(14-28)21(29)26(27)3;29-9-15-17(31)25-27(21(15)35)13-5-1-11(2-6-13)23-19(33)20(34)24-12-3-7-14(8-4-12)28-22(36)16(10-30)18(32)26-28/h5-10,13-14,29H,4,11-12H2,1-3H3,(H2,24,25,31);1-10,35-36H,(H,23,33)(H,24,34)(H,25,31)(H,26,32)/p-1. The number of aromatic amines is 2. The number of H-pyrrole nitrogens is 2. The maximum atomic E-state index is 12.3. The molecule has 23 nitrogen and oxygen atoms in total. The van der Waals surface area contributed by atoms with Gasteiger partial charge in [-0.05, 0) is 111 Å². The minimum Gasteiger partial charge on any atom is -0.858 e. The topological polar surface area (TPSA) is 326 Å². The summed E-state index contributed by atoms with van der Waals surface area (Å²) in [6, 6.07) is 23.3. The van der Waals surface area contributed by atoms with E-state index in [4.69, 9.17) is 4.74 Å². The van der Waals surface area contributed by atoms with E-state index in [-0.39, 0.29) is 47.6 Å². The molecule has 350 valence electrons. The fraction of sp³-hybridized carbons (Fsp3) is 0.133. The van der Waals surface area contributed by atoms with Gasteiger partial charge in [0, 0.05) is 30.7 Å². The summed E-state index contributed by atoms with van der Waals surface area (Å²) in [7, 11) is 1.40. The minimum absolute atomic E-state index is 0.222. The third-order valence-corrected chi connectivity index (χ3v) is 9.96. The lowest BCUT2D eigenvalue weighted by Gasteiger charge is -2.13. The van der Waals surface area contributed by atoms with Gasteiger partial charge in [-0.3, -0.25) is 53.2 Å². The molecule has 0 unspecified atom stereocenters. The maximum absolute atomic E-state index is 12.3. The second-order valence-electron chi connectivity index (χ2n) is 14.6. The molecule has 7 aromatic rings. The molecule has 4 aromatic carbocycles. The van der Waals surface area contributed by atoms with Gasteiger partial charge in [0.1, 0.15) is 16.9 Å². The molecule has 0 saturated carbocycles. The van der Waals surface area contributed by atoms with Crippen LogP contribution < -0.4 is 47.8 Å². The Hall–Kier alpha value is -9.67. The van der Waals surface area contributed by atoms with Crippen molar-refractivity contribution < 1.29 is 48.8 Å². The molecule has 0 bridgehead atoms. The van der Waals surface area contributed by atoms with Crippen molar-refractivity contribution in [2.75, 3.05) is 29.1 Å². The number of urea groups is 1. The summed E-state index contributed by atoms with van der Waals surface area (Å²) in [5, 5.41) is 46.6. The molecule has 7 rings (SSSR count). The first-order chi connectivity index (χ1) is 32.5. The van der Waals surface area contributed by atoms with Crippen LogP contribution in [0.25, 0.3) is 17.1 Å². The predicted octanol–water partition coefficient (Wildman–Crippen LogP) is 2.53. The summed E-state index contributed by atoms with van der Waals surface area (Å²) in [5.74, 6) is -2.94. The molecule has 0 aliphatic heterocycles. The normalized spacial score (nSPS) is 10.6. The molecule has 8 N–H and O–H groups in total. The smallest absolute Gasteiger partial charge is 0.319 e. The van der Waals surface area contributed by atoms with Crippen LogP contribution in [0.5, 0.6) is 23.4 Å². The Kier molecular flexibility index (Phi) is 14.7. The molecule has 3 heterocycles. The molecule has 68 heavy (non-hydrogen) atoms. The zero-order valence-corrected chi connectivity index (χ0v) is 36.2. The Bertz CT molecular complexity index is 3090. The summed E-state index contributed by atoms with van der Waals surface area (Å²) in [5.41, 5.74) is 0.702. The molecule has 0 atom stereocenters. The van der Waals surface area contributed by atoms with Crippen molar-refractivity contribution in [1.82, 2.24) is 34.2 Å². The highest BCUT2D eigenvalue weighted by atomic mass is 16.5. The van der Waals surface area contributed by atoms with Crippen LogP contribution >= 0.6 is 0 Å². The Balaban J connectivity index is 0.000000226. The predicted molar refractivity (Wildman–Crippen MR) is 243 cm³/mol. The number of aryl methyl sites for hydroxylation is 2. The van der Waals surface area contributed by atoms with E-state index >= 15 is 0 Å². The number of rotatable bonds is 14. The monoisotopic (exact) mass is 929 g/mol. The Morgan fingerprint density at radius 3 is 1.54 bits per heavy atom. The summed E-state index contributed by atoms with van der Waals surface area (Å²) in [6.07, 6.45) is 1.35. The molecule has 0 fully saturated rings. The molecule has 0 saturated heterocycles. The number of ether oxygens (including phenoxy) is 1. The highest BCUT2D eigenvalue weighted by Gasteiger charge is 2.18. The number of nitrogens with zero attached hydrogens (tertiary/aromatic N) is 4. The van der Waals surface area contributed by atoms with Gasteiger partial charge in [-0.1, -0.05) is 17.7 Å². The summed E-state index contributed by atoms with van der Waals surface area (Å²) in [4.78, 5) is 105. The molecule has 23 heteroatoms. The van der Waals surface area contributed by atoms with Crippen LogP contribution in [-0.4, -0.2) is 89.0 Å². The summed E-state index contributed by atoms with van der Waals surface area (Å²) in [6.45, 7) is 4.94. The molecular weight excluding hydrogens is 889 g/mol. The van der Waals surface area contributed by atoms with Gasteiger partial charge in [0.05, 0.1) is 29.2 Å². The number of hydrogen-bond donors (Lipinski definition) is 8. The lowest BCUT2D eigenvalue weighted by Crippen LogP contribution is -2.30. The van der Waals surface area contributed by atoms with Gasteiger partial charge in [0.15, 0.2) is 18.9 Å². The SMILES string of the molecule is Cc1ccc(OCCCNC(=O)Nc2ccc(-n3c(=O)c(C=O)c([O-])n3C)cc2)c(C)c1.O=Cc1c(O)n(-c2ccc(NC(=O)C(=O)Nc3ccc(-n4[nH]c(=O)c(C=O)c4O)cc3)cc2)[nH]c1=O. The maximum Gasteiger partial charge on any atom is 0.319 e. The van der Waals surface area contributed by atoms with Crippen LogP contribution in [0.15, 0.2) is 105 Å². The molecule has 4 amide bonds. The number of amides is 4. The van der Waals surface area contributed by atoms with Gasteiger partial charge in [0.25, 0.3) is 16.7 Å². The van der Waals surface area contributed by atoms with Crippen molar-refractivity contribution >= 4 is 53.8 Å². The van der Waals surface area contributed by atoms with Crippen LogP contribution in [0.4, 0.5) is 21.9 Å². The Morgan fingerprint density at radius 2 is 1.12 bits per heavy atom. The molecule has 0 spiro atoms. The lowest BCUT2D eigenvalue weighted by molar-refractivity contribution is -0.279. The number of aldehydes is 3. The summed E-state index contributed by atoms with van der Waals surface area (Å²) >= 11 is 0. The number of nitrogens with one attached hydrogen (secondary N) is 6. The van der Waals surface area contributed by atoms with Crippen molar-refractivity contribution in [2.45, 2.75) is 20.3 Å². The van der Waals surface area contributed by atoms with E-state index in [1.807, 2.05) is 26.0 Å². The molecular formula is C45H41N10O13-. The van der Waals surface area contributed by atoms with E-state index in [1.54, 1.807) is 24.3 Å². The van der Waals surface area contributed by atoms with Gasteiger partial charge >= 0.3 is 17.8 Å². The van der Waals surface area contributed by atoms with E-state index in [0.29, 0.717) is 30.9 Å². The van der Waals surface area contributed by atoms with E-state index in [0.717, 1.165) is 30.0 Å². The average molecular weight is 930 g/mol. The summed E-state index contributed by atoms with van der Waals surface area (Å²) < 4.78 is 9.88. The number of hydrogen-bond acceptors (Lipinski definition) is 13. The molecule has 0 radical (unpaired) electrons. The zero-order valence-electron chi connectivity index (χ0n) is 36.2. The highest BCUT2D eigenvalue weighted by molar-refractivity contribution is 6.43. The lowest BCUT2D eigenvalue weighted by atomic mass is 10.1. The fourth-order valence-electron chi connectivity index (χ4n) is 6.50. The van der Waals surface area contributed by atoms with Crippen molar-refractivity contribution in [3.63, 3.8) is 0 Å². The fourth-order valence-corrected chi connectivity index (χ4v) is 6.50. The van der Waals surface area contributed by atoms with Gasteiger partial charge in [0.2, 0.25) is 11.8 Å². The zero-order chi connectivity index (χ0) is 49.2. The Morgan fingerprint density at radius 1 is 0.662 bits per heavy atom.